The zero-order valence-corrected chi connectivity index (χ0v) is 10.1. The fourth-order valence-electron chi connectivity index (χ4n) is 1.53. The van der Waals surface area contributed by atoms with Gasteiger partial charge in [0.15, 0.2) is 0 Å². The number of hydrogen-bond donors (Lipinski definition) is 1. The highest BCUT2D eigenvalue weighted by atomic mass is 16.2. The second-order valence-electron chi connectivity index (χ2n) is 4.12. The van der Waals surface area contributed by atoms with Gasteiger partial charge in [0.2, 0.25) is 0 Å². The molecule has 0 aliphatic heterocycles. The number of aromatic nitrogens is 2. The molecule has 0 fully saturated rings. The largest absolute Gasteiger partial charge is 0.328 e. The summed E-state index contributed by atoms with van der Waals surface area (Å²) in [6.07, 6.45) is 3.20. The zero-order chi connectivity index (χ0) is 12.1. The highest BCUT2D eigenvalue weighted by Gasteiger charge is 2.02. The van der Waals surface area contributed by atoms with Crippen molar-refractivity contribution in [2.45, 2.75) is 26.3 Å². The normalized spacial score (nSPS) is 11.0. The van der Waals surface area contributed by atoms with Crippen LogP contribution in [0.2, 0.25) is 0 Å². The van der Waals surface area contributed by atoms with Crippen LogP contribution in [-0.4, -0.2) is 35.1 Å². The van der Waals surface area contributed by atoms with Crippen LogP contribution in [-0.2, 0) is 13.0 Å². The van der Waals surface area contributed by atoms with Crippen molar-refractivity contribution in [3.8, 4) is 0 Å². The lowest BCUT2D eigenvalue weighted by atomic mass is 10.2. The molecule has 0 unspecified atom stereocenters. The topological polar surface area (TPSA) is 58.1 Å². The van der Waals surface area contributed by atoms with E-state index in [9.17, 15) is 9.59 Å². The van der Waals surface area contributed by atoms with Crippen molar-refractivity contribution in [3.63, 3.8) is 0 Å². The van der Waals surface area contributed by atoms with Gasteiger partial charge < -0.3 is 9.47 Å². The molecule has 0 aromatic carbocycles. The van der Waals surface area contributed by atoms with Crippen molar-refractivity contribution in [2.75, 3.05) is 20.6 Å². The fourth-order valence-corrected chi connectivity index (χ4v) is 1.53. The first-order valence-electron chi connectivity index (χ1n) is 5.52. The van der Waals surface area contributed by atoms with Crippen LogP contribution in [0.25, 0.3) is 0 Å². The maximum atomic E-state index is 11.5. The Labute approximate surface area is 94.7 Å². The predicted molar refractivity (Wildman–Crippen MR) is 63.9 cm³/mol. The van der Waals surface area contributed by atoms with Crippen molar-refractivity contribution in [1.29, 1.82) is 0 Å². The SMILES string of the molecule is CCc1cn(CCCN(C)C)c(=O)[nH]c1=O. The van der Waals surface area contributed by atoms with E-state index in [-0.39, 0.29) is 11.2 Å². The van der Waals surface area contributed by atoms with E-state index in [1.165, 1.54) is 0 Å². The van der Waals surface area contributed by atoms with Gasteiger partial charge in [0.05, 0.1) is 0 Å². The standard InChI is InChI=1S/C11H19N3O2/c1-4-9-8-14(7-5-6-13(2)3)11(16)12-10(9)15/h8H,4-7H2,1-3H3,(H,12,15,16). The highest BCUT2D eigenvalue weighted by Crippen LogP contribution is 1.92. The number of nitrogens with zero attached hydrogens (tertiary/aromatic N) is 2. The Morgan fingerprint density at radius 2 is 2.06 bits per heavy atom. The molecule has 0 atom stereocenters. The maximum absolute atomic E-state index is 11.5. The first-order chi connectivity index (χ1) is 7.54. The number of aromatic amines is 1. The molecule has 0 aliphatic rings. The van der Waals surface area contributed by atoms with Crippen LogP contribution >= 0.6 is 0 Å². The Hall–Kier alpha value is -1.36. The summed E-state index contributed by atoms with van der Waals surface area (Å²) in [7, 11) is 3.99. The van der Waals surface area contributed by atoms with Gasteiger partial charge in [0.1, 0.15) is 0 Å². The van der Waals surface area contributed by atoms with Gasteiger partial charge in [0, 0.05) is 18.3 Å². The van der Waals surface area contributed by atoms with Crippen LogP contribution in [0.3, 0.4) is 0 Å². The summed E-state index contributed by atoms with van der Waals surface area (Å²) in [6, 6.07) is 0. The third kappa shape index (κ3) is 3.34. The summed E-state index contributed by atoms with van der Waals surface area (Å²) >= 11 is 0. The molecule has 5 nitrogen and oxygen atoms in total. The second kappa shape index (κ2) is 5.65. The third-order valence-electron chi connectivity index (χ3n) is 2.47. The van der Waals surface area contributed by atoms with Crippen LogP contribution < -0.4 is 11.2 Å². The minimum Gasteiger partial charge on any atom is -0.309 e. The van der Waals surface area contributed by atoms with Gasteiger partial charge in [-0.2, -0.15) is 0 Å². The Balaban J connectivity index is 2.80. The number of hydrogen-bond acceptors (Lipinski definition) is 3. The monoisotopic (exact) mass is 225 g/mol. The quantitative estimate of drug-likeness (QED) is 0.770. The second-order valence-corrected chi connectivity index (χ2v) is 4.12. The molecule has 0 saturated heterocycles. The Morgan fingerprint density at radius 3 is 2.62 bits per heavy atom. The molecular formula is C11H19N3O2. The minimum atomic E-state index is -0.319. The molecule has 1 heterocycles. The van der Waals surface area contributed by atoms with E-state index < -0.39 is 0 Å². The molecule has 0 amide bonds. The third-order valence-corrected chi connectivity index (χ3v) is 2.47. The molecule has 0 radical (unpaired) electrons. The highest BCUT2D eigenvalue weighted by molar-refractivity contribution is 5.03. The van der Waals surface area contributed by atoms with E-state index >= 15 is 0 Å². The molecular weight excluding hydrogens is 206 g/mol. The Kier molecular flexibility index (Phi) is 4.49. The lowest BCUT2D eigenvalue weighted by molar-refractivity contribution is 0.383. The molecule has 1 aromatic heterocycles. The molecule has 16 heavy (non-hydrogen) atoms. The Morgan fingerprint density at radius 1 is 1.38 bits per heavy atom. The number of nitrogens with one attached hydrogen (secondary N) is 1. The van der Waals surface area contributed by atoms with Gasteiger partial charge in [-0.15, -0.1) is 0 Å². The molecule has 0 aliphatic carbocycles. The summed E-state index contributed by atoms with van der Waals surface area (Å²) in [6.45, 7) is 3.47. The van der Waals surface area contributed by atoms with Gasteiger partial charge in [-0.25, -0.2) is 4.79 Å². The van der Waals surface area contributed by atoms with Crippen LogP contribution in [0.5, 0.6) is 0 Å². The molecule has 1 rings (SSSR count). The molecule has 1 aromatic rings. The zero-order valence-electron chi connectivity index (χ0n) is 10.1. The van der Waals surface area contributed by atoms with Crippen molar-refractivity contribution in [1.82, 2.24) is 14.5 Å². The number of rotatable bonds is 5. The summed E-state index contributed by atoms with van der Waals surface area (Å²) in [5.41, 5.74) is 0.0711. The van der Waals surface area contributed by atoms with Gasteiger partial charge in [-0.05, 0) is 33.5 Å². The van der Waals surface area contributed by atoms with E-state index in [0.29, 0.717) is 18.5 Å². The van der Waals surface area contributed by atoms with E-state index in [1.807, 2.05) is 21.0 Å². The van der Waals surface area contributed by atoms with Gasteiger partial charge in [-0.1, -0.05) is 6.92 Å². The molecule has 0 saturated carbocycles. The van der Waals surface area contributed by atoms with Gasteiger partial charge in [0.25, 0.3) is 5.56 Å². The van der Waals surface area contributed by atoms with Crippen LogP contribution in [0.4, 0.5) is 0 Å². The lowest BCUT2D eigenvalue weighted by Crippen LogP contribution is -2.32. The lowest BCUT2D eigenvalue weighted by Gasteiger charge is -2.10. The van der Waals surface area contributed by atoms with Crippen molar-refractivity contribution in [2.24, 2.45) is 0 Å². The first kappa shape index (κ1) is 12.7. The summed E-state index contributed by atoms with van der Waals surface area (Å²) in [5.74, 6) is 0. The summed E-state index contributed by atoms with van der Waals surface area (Å²) < 4.78 is 1.57. The molecule has 5 heteroatoms. The van der Waals surface area contributed by atoms with Crippen molar-refractivity contribution in [3.05, 3.63) is 32.6 Å². The van der Waals surface area contributed by atoms with E-state index in [2.05, 4.69) is 9.88 Å². The average Bonchev–Trinajstić information content (AvgIpc) is 2.20. The van der Waals surface area contributed by atoms with Crippen LogP contribution in [0.15, 0.2) is 15.8 Å². The van der Waals surface area contributed by atoms with Crippen molar-refractivity contribution >= 4 is 0 Å². The van der Waals surface area contributed by atoms with Crippen LogP contribution in [0.1, 0.15) is 18.9 Å². The van der Waals surface area contributed by atoms with E-state index in [1.54, 1.807) is 10.8 Å². The smallest absolute Gasteiger partial charge is 0.309 e. The molecule has 0 bridgehead atoms. The fraction of sp³-hybridized carbons (Fsp3) is 0.636. The molecule has 1 N–H and O–H groups in total. The van der Waals surface area contributed by atoms with Crippen LogP contribution in [0, 0.1) is 0 Å². The van der Waals surface area contributed by atoms with Gasteiger partial charge >= 0.3 is 5.69 Å². The van der Waals surface area contributed by atoms with Crippen molar-refractivity contribution < 1.29 is 0 Å². The maximum Gasteiger partial charge on any atom is 0.328 e. The molecule has 0 spiro atoms. The predicted octanol–water partition coefficient (Wildman–Crippen LogP) is 0.0507. The Bertz CT molecular complexity index is 445. The summed E-state index contributed by atoms with van der Waals surface area (Å²) in [4.78, 5) is 27.2. The number of aryl methyl sites for hydroxylation is 2. The minimum absolute atomic E-state index is 0.267. The van der Waals surface area contributed by atoms with E-state index in [4.69, 9.17) is 0 Å². The summed E-state index contributed by atoms with van der Waals surface area (Å²) in [5, 5.41) is 0. The van der Waals surface area contributed by atoms with Gasteiger partial charge in [-0.3, -0.25) is 9.78 Å². The number of H-pyrrole nitrogens is 1. The average molecular weight is 225 g/mol. The van der Waals surface area contributed by atoms with E-state index in [0.717, 1.165) is 13.0 Å². The first-order valence-corrected chi connectivity index (χ1v) is 5.52. The molecule has 90 valence electrons.